The van der Waals surface area contributed by atoms with E-state index in [0.717, 1.165) is 98.5 Å². The van der Waals surface area contributed by atoms with Crippen molar-refractivity contribution in [3.8, 4) is 5.75 Å². The highest BCUT2D eigenvalue weighted by Crippen LogP contribution is 2.61. The quantitative estimate of drug-likeness (QED) is 0.209. The zero-order chi connectivity index (χ0) is 29.4. The van der Waals surface area contributed by atoms with Crippen LogP contribution in [0.2, 0.25) is 0 Å². The van der Waals surface area contributed by atoms with Gasteiger partial charge in [-0.2, -0.15) is 10.6 Å². The van der Waals surface area contributed by atoms with E-state index in [-0.39, 0.29) is 5.41 Å². The number of quaternary nitrogens is 1. The van der Waals surface area contributed by atoms with Crippen LogP contribution in [0.25, 0.3) is 0 Å². The van der Waals surface area contributed by atoms with Crippen LogP contribution in [0.4, 0.5) is 17.1 Å². The van der Waals surface area contributed by atoms with Crippen LogP contribution in [0, 0.1) is 5.41 Å². The summed E-state index contributed by atoms with van der Waals surface area (Å²) >= 11 is 0. The van der Waals surface area contributed by atoms with E-state index in [1.807, 2.05) is 26.2 Å². The summed E-state index contributed by atoms with van der Waals surface area (Å²) < 4.78 is 30.6. The van der Waals surface area contributed by atoms with Crippen molar-refractivity contribution in [3.63, 3.8) is 0 Å². The lowest BCUT2D eigenvalue weighted by Crippen LogP contribution is -2.49. The van der Waals surface area contributed by atoms with Gasteiger partial charge in [0.1, 0.15) is 18.9 Å². The number of likely N-dealkylation sites (N-methyl/N-ethyl adjacent to an activating group) is 1. The predicted octanol–water partition coefficient (Wildman–Crippen LogP) is 8.64. The van der Waals surface area contributed by atoms with Crippen LogP contribution in [-0.2, 0) is 0 Å². The summed E-state index contributed by atoms with van der Waals surface area (Å²) in [5, 5.41) is 0. The van der Waals surface area contributed by atoms with Crippen molar-refractivity contribution in [3.05, 3.63) is 42.5 Å². The average molecular weight is 575 g/mol. The second-order valence-electron chi connectivity index (χ2n) is 12.0. The number of hydrogen-bond acceptors (Lipinski definition) is 5. The third-order valence-corrected chi connectivity index (χ3v) is 11.3. The first-order valence-corrected chi connectivity index (χ1v) is 17.2. The summed E-state index contributed by atoms with van der Waals surface area (Å²) in [6.45, 7) is 17.1. The van der Waals surface area contributed by atoms with E-state index in [4.69, 9.17) is 4.74 Å². The van der Waals surface area contributed by atoms with E-state index < -0.39 is 10.6 Å². The van der Waals surface area contributed by atoms with Gasteiger partial charge in [-0.05, 0) is 76.1 Å². The molecule has 0 saturated heterocycles. The molecule has 0 saturated carbocycles. The fourth-order valence-electron chi connectivity index (χ4n) is 6.23. The normalized spacial score (nSPS) is 17.2. The van der Waals surface area contributed by atoms with Crippen molar-refractivity contribution in [2.75, 3.05) is 69.0 Å². The zero-order valence-electron chi connectivity index (χ0n) is 26.3. The molecule has 226 valence electrons. The van der Waals surface area contributed by atoms with Gasteiger partial charge in [0.05, 0.1) is 30.2 Å². The Bertz CT molecular complexity index is 1040. The van der Waals surface area contributed by atoms with Crippen molar-refractivity contribution in [2.45, 2.75) is 78.0 Å². The van der Waals surface area contributed by atoms with Gasteiger partial charge in [-0.15, -0.1) is 0 Å². The third-order valence-electron chi connectivity index (χ3n) is 9.22. The van der Waals surface area contributed by atoms with Crippen molar-refractivity contribution < 1.29 is 18.3 Å². The maximum Gasteiger partial charge on any atom is 0.137 e. The zero-order valence-corrected chi connectivity index (χ0v) is 27.1. The summed E-state index contributed by atoms with van der Waals surface area (Å²) in [5.74, 6) is 1.31. The largest absolute Gasteiger partial charge is 0.488 e. The molecular weight excluding hydrogens is 518 g/mol. The minimum atomic E-state index is -2.96. The maximum atomic E-state index is 11.7. The van der Waals surface area contributed by atoms with Crippen molar-refractivity contribution in [1.29, 1.82) is 0 Å². The van der Waals surface area contributed by atoms with Crippen molar-refractivity contribution in [1.82, 2.24) is 0 Å². The standard InChI is InChI=1S/C33H55N3O3S/c1-8-13-21-33(22-14-9-2)26-35(31-25-29(34(6)7)17-20-32(31)40(37,38)27-33)28-15-18-30(19-16-28)39-24-23-36(10-3,11-4)12-5/h15-20,25H,8-14,21-24,26-27H2,1-7H3,(H-,37,38)/p+1. The lowest BCUT2D eigenvalue weighted by Gasteiger charge is -2.42. The Balaban J connectivity index is 1.99. The molecule has 2 N–H and O–H groups in total. The van der Waals surface area contributed by atoms with Gasteiger partial charge in [0.15, 0.2) is 0 Å². The molecule has 2 aromatic carbocycles. The minimum Gasteiger partial charge on any atom is -0.488 e. The highest BCUT2D eigenvalue weighted by molar-refractivity contribution is 8.24. The number of rotatable bonds is 15. The molecular formula is C33H56N3O3S+. The van der Waals surface area contributed by atoms with Crippen LogP contribution >= 0.6 is 10.6 Å². The molecule has 0 unspecified atom stereocenters. The first-order chi connectivity index (χ1) is 19.1. The van der Waals surface area contributed by atoms with E-state index in [1.165, 1.54) is 0 Å². The minimum absolute atomic E-state index is 0.168. The van der Waals surface area contributed by atoms with Crippen LogP contribution in [-0.4, -0.2) is 72.8 Å². The van der Waals surface area contributed by atoms with Crippen LogP contribution in [0.3, 0.4) is 0 Å². The number of benzene rings is 2. The molecule has 1 aliphatic rings. The molecule has 0 atom stereocenters. The molecule has 0 aromatic heterocycles. The Labute approximate surface area is 246 Å². The molecule has 7 heteroatoms. The number of unbranched alkanes of at least 4 members (excludes halogenated alkanes) is 2. The van der Waals surface area contributed by atoms with E-state index in [2.05, 4.69) is 74.8 Å². The molecule has 0 aliphatic carbocycles. The van der Waals surface area contributed by atoms with Gasteiger partial charge in [-0.1, -0.05) is 39.5 Å². The Morgan fingerprint density at radius 1 is 0.900 bits per heavy atom. The Kier molecular flexibility index (Phi) is 11.7. The highest BCUT2D eigenvalue weighted by atomic mass is 32.3. The van der Waals surface area contributed by atoms with E-state index in [0.29, 0.717) is 17.3 Å². The number of nitrogens with zero attached hydrogens (tertiary/aromatic N) is 3. The van der Waals surface area contributed by atoms with E-state index in [9.17, 15) is 9.11 Å². The van der Waals surface area contributed by atoms with Gasteiger partial charge in [-0.25, -0.2) is 0 Å². The third kappa shape index (κ3) is 7.67. The molecule has 6 nitrogen and oxygen atoms in total. The van der Waals surface area contributed by atoms with Gasteiger partial charge in [0.25, 0.3) is 0 Å². The van der Waals surface area contributed by atoms with Crippen LogP contribution in [0.1, 0.15) is 73.1 Å². The van der Waals surface area contributed by atoms with Crippen molar-refractivity contribution in [2.24, 2.45) is 5.41 Å². The van der Waals surface area contributed by atoms with Gasteiger partial charge < -0.3 is 19.0 Å². The Morgan fingerprint density at radius 2 is 1.50 bits per heavy atom. The molecule has 1 aliphatic heterocycles. The molecule has 0 bridgehead atoms. The molecule has 0 radical (unpaired) electrons. The van der Waals surface area contributed by atoms with Crippen LogP contribution in [0.15, 0.2) is 47.4 Å². The van der Waals surface area contributed by atoms with Gasteiger partial charge >= 0.3 is 0 Å². The number of hydrogen-bond donors (Lipinski definition) is 2. The SMILES string of the molecule is CCCCC1(CCCC)CN(c2ccc(OCC[N+](CC)(CC)CC)cc2)c2cc(N(C)C)ccc2S(O)(O)C1. The molecule has 0 amide bonds. The van der Waals surface area contributed by atoms with Gasteiger partial charge in [0.2, 0.25) is 0 Å². The smallest absolute Gasteiger partial charge is 0.137 e. The van der Waals surface area contributed by atoms with Crippen LogP contribution in [0.5, 0.6) is 5.75 Å². The monoisotopic (exact) mass is 574 g/mol. The second kappa shape index (κ2) is 14.3. The van der Waals surface area contributed by atoms with Crippen LogP contribution < -0.4 is 14.5 Å². The fourth-order valence-corrected chi connectivity index (χ4v) is 8.41. The lowest BCUT2D eigenvalue weighted by atomic mass is 9.79. The molecule has 40 heavy (non-hydrogen) atoms. The van der Waals surface area contributed by atoms with Gasteiger partial charge in [0, 0.05) is 43.2 Å². The summed E-state index contributed by atoms with van der Waals surface area (Å²) in [6.07, 6.45) is 6.38. The fraction of sp³-hybridized carbons (Fsp3) is 0.636. The first kappa shape index (κ1) is 32.6. The number of fused-ring (bicyclic) bond motifs is 1. The maximum absolute atomic E-state index is 11.7. The first-order valence-electron chi connectivity index (χ1n) is 15.5. The lowest BCUT2D eigenvalue weighted by molar-refractivity contribution is -0.923. The van der Waals surface area contributed by atoms with E-state index >= 15 is 0 Å². The molecule has 0 fully saturated rings. The highest BCUT2D eigenvalue weighted by Gasteiger charge is 2.42. The summed E-state index contributed by atoms with van der Waals surface area (Å²) in [6, 6.07) is 14.5. The molecule has 3 rings (SSSR count). The molecule has 2 aromatic rings. The summed E-state index contributed by atoms with van der Waals surface area (Å²) in [5.41, 5.74) is 2.86. The van der Waals surface area contributed by atoms with Gasteiger partial charge in [-0.3, -0.25) is 9.11 Å². The Hall–Kier alpha value is -1.93. The number of anilines is 3. The number of ether oxygens (including phenoxy) is 1. The summed E-state index contributed by atoms with van der Waals surface area (Å²) in [7, 11) is 1.10. The van der Waals surface area contributed by atoms with E-state index in [1.54, 1.807) is 0 Å². The van der Waals surface area contributed by atoms with Crippen molar-refractivity contribution >= 4 is 27.7 Å². The molecule has 1 heterocycles. The molecule has 0 spiro atoms. The topological polar surface area (TPSA) is 56.2 Å². The summed E-state index contributed by atoms with van der Waals surface area (Å²) in [4.78, 5) is 5.10. The Morgan fingerprint density at radius 3 is 2.02 bits per heavy atom. The second-order valence-corrected chi connectivity index (χ2v) is 14.1. The predicted molar refractivity (Wildman–Crippen MR) is 174 cm³/mol. The average Bonchev–Trinajstić information content (AvgIpc) is 3.05.